The van der Waals surface area contributed by atoms with E-state index < -0.39 is 0 Å². The summed E-state index contributed by atoms with van der Waals surface area (Å²) in [4.78, 5) is 7.95. The molecule has 0 fully saturated rings. The Kier molecular flexibility index (Phi) is 5.93. The van der Waals surface area contributed by atoms with Gasteiger partial charge in [0.05, 0.1) is 0 Å². The van der Waals surface area contributed by atoms with Crippen molar-refractivity contribution in [2.45, 2.75) is 0 Å². The van der Waals surface area contributed by atoms with Gasteiger partial charge in [-0.1, -0.05) is 6.07 Å². The fourth-order valence-electron chi connectivity index (χ4n) is 1.00. The molecule has 2 rings (SSSR count). The third kappa shape index (κ3) is 3.02. The van der Waals surface area contributed by atoms with Crippen LogP contribution in [0, 0.1) is 13.5 Å². The smallest absolute Gasteiger partial charge is 0.105 e. The molecule has 0 amide bonds. The Labute approximate surface area is 97.8 Å². The molecule has 1 aromatic carbocycles. The third-order valence-electron chi connectivity index (χ3n) is 1.57. The van der Waals surface area contributed by atoms with Crippen molar-refractivity contribution in [1.82, 2.24) is 9.97 Å². The molecule has 0 aliphatic carbocycles. The standard InChI is InChI=1S/C10H7N2.CH3.Ir/c1-2-4-9(5-3-1)10-6-7-11-8-12-10;;/h1-4,6-8H;1H3;/q2*-1;. The van der Waals surface area contributed by atoms with Gasteiger partial charge in [0.15, 0.2) is 0 Å². The maximum absolute atomic E-state index is 4.11. The summed E-state index contributed by atoms with van der Waals surface area (Å²) in [7, 11) is 0. The van der Waals surface area contributed by atoms with E-state index in [9.17, 15) is 0 Å². The monoisotopic (exact) mass is 363 g/mol. The van der Waals surface area contributed by atoms with Crippen LogP contribution in [0.15, 0.2) is 42.9 Å². The van der Waals surface area contributed by atoms with Gasteiger partial charge >= 0.3 is 0 Å². The normalized spacial score (nSPS) is 8.29. The van der Waals surface area contributed by atoms with Crippen LogP contribution in [-0.4, -0.2) is 9.97 Å². The van der Waals surface area contributed by atoms with E-state index in [2.05, 4.69) is 16.0 Å². The molecule has 3 heteroatoms. The molecule has 0 unspecified atom stereocenters. The van der Waals surface area contributed by atoms with Gasteiger partial charge < -0.3 is 7.43 Å². The summed E-state index contributed by atoms with van der Waals surface area (Å²) >= 11 is 0. The van der Waals surface area contributed by atoms with E-state index in [-0.39, 0.29) is 27.5 Å². The number of hydrogen-bond donors (Lipinski definition) is 0. The zero-order valence-electron chi connectivity index (χ0n) is 7.77. The largest absolute Gasteiger partial charge is 0.358 e. The van der Waals surface area contributed by atoms with Crippen LogP contribution >= 0.6 is 0 Å². The Morgan fingerprint density at radius 1 is 1.14 bits per heavy atom. The minimum absolute atomic E-state index is 0. The van der Waals surface area contributed by atoms with E-state index in [1.165, 1.54) is 6.33 Å². The average Bonchev–Trinajstić information content (AvgIpc) is 2.21. The van der Waals surface area contributed by atoms with E-state index in [0.717, 1.165) is 11.3 Å². The van der Waals surface area contributed by atoms with Gasteiger partial charge in [0.25, 0.3) is 0 Å². The second-order valence-corrected chi connectivity index (χ2v) is 2.37. The van der Waals surface area contributed by atoms with Gasteiger partial charge in [-0.2, -0.15) is 0 Å². The fraction of sp³-hybridized carbons (Fsp3) is 0. The van der Waals surface area contributed by atoms with Gasteiger partial charge in [0, 0.05) is 26.3 Å². The van der Waals surface area contributed by atoms with E-state index in [1.54, 1.807) is 6.20 Å². The van der Waals surface area contributed by atoms with Crippen LogP contribution in [0.3, 0.4) is 0 Å². The van der Waals surface area contributed by atoms with Crippen molar-refractivity contribution in [3.63, 3.8) is 0 Å². The first-order valence-electron chi connectivity index (χ1n) is 3.70. The molecule has 0 aliphatic heterocycles. The molecule has 0 atom stereocenters. The van der Waals surface area contributed by atoms with Crippen LogP contribution in [0.4, 0.5) is 0 Å². The molecule has 0 saturated heterocycles. The minimum Gasteiger partial charge on any atom is -0.358 e. The summed E-state index contributed by atoms with van der Waals surface area (Å²) in [5.74, 6) is 0. The Morgan fingerprint density at radius 3 is 2.57 bits per heavy atom. The molecular formula is C11H10IrN2-2. The van der Waals surface area contributed by atoms with Gasteiger partial charge in [-0.25, -0.2) is 4.98 Å². The van der Waals surface area contributed by atoms with Gasteiger partial charge in [-0.05, 0) is 5.69 Å². The zero-order valence-corrected chi connectivity index (χ0v) is 10.2. The first-order chi connectivity index (χ1) is 5.97. The average molecular weight is 362 g/mol. The van der Waals surface area contributed by atoms with Crippen LogP contribution in [0.1, 0.15) is 0 Å². The van der Waals surface area contributed by atoms with Gasteiger partial charge in [0.2, 0.25) is 0 Å². The maximum atomic E-state index is 4.11. The molecule has 75 valence electrons. The zero-order chi connectivity index (χ0) is 8.23. The van der Waals surface area contributed by atoms with Crippen LogP contribution in [-0.2, 0) is 20.1 Å². The molecule has 14 heavy (non-hydrogen) atoms. The Balaban J connectivity index is 0.000000845. The summed E-state index contributed by atoms with van der Waals surface area (Å²) in [6.07, 6.45) is 3.26. The topological polar surface area (TPSA) is 25.8 Å². The predicted octanol–water partition coefficient (Wildman–Crippen LogP) is 2.39. The first-order valence-corrected chi connectivity index (χ1v) is 3.70. The van der Waals surface area contributed by atoms with Gasteiger partial charge in [-0.15, -0.1) is 35.9 Å². The summed E-state index contributed by atoms with van der Waals surface area (Å²) in [6.45, 7) is 0. The molecule has 2 nitrogen and oxygen atoms in total. The molecule has 1 heterocycles. The van der Waals surface area contributed by atoms with Gasteiger partial charge in [0.1, 0.15) is 6.33 Å². The molecule has 2 aromatic rings. The SMILES string of the molecule is [CH3-].[Ir].[c-]1ccccc1-c1ccncn1. The Bertz CT molecular complexity index is 311. The van der Waals surface area contributed by atoms with E-state index in [4.69, 9.17) is 0 Å². The summed E-state index contributed by atoms with van der Waals surface area (Å²) in [6, 6.07) is 12.7. The van der Waals surface area contributed by atoms with E-state index in [1.807, 2.05) is 30.3 Å². The third-order valence-corrected chi connectivity index (χ3v) is 1.57. The summed E-state index contributed by atoms with van der Waals surface area (Å²) < 4.78 is 0. The van der Waals surface area contributed by atoms with Crippen molar-refractivity contribution in [2.75, 3.05) is 0 Å². The molecule has 1 aromatic heterocycles. The van der Waals surface area contributed by atoms with E-state index >= 15 is 0 Å². The second kappa shape index (κ2) is 6.41. The van der Waals surface area contributed by atoms with Crippen molar-refractivity contribution in [3.05, 3.63) is 56.3 Å². The van der Waals surface area contributed by atoms with Crippen LogP contribution in [0.2, 0.25) is 0 Å². The number of aromatic nitrogens is 2. The number of nitrogens with zero attached hydrogens (tertiary/aromatic N) is 2. The van der Waals surface area contributed by atoms with Crippen molar-refractivity contribution >= 4 is 0 Å². The molecule has 0 bridgehead atoms. The molecule has 1 radical (unpaired) electrons. The molecular weight excluding hydrogens is 352 g/mol. The number of hydrogen-bond acceptors (Lipinski definition) is 2. The quantitative estimate of drug-likeness (QED) is 0.728. The van der Waals surface area contributed by atoms with Crippen molar-refractivity contribution < 1.29 is 20.1 Å². The summed E-state index contributed by atoms with van der Waals surface area (Å²) in [5.41, 5.74) is 1.91. The Hall–Kier alpha value is -1.05. The predicted molar refractivity (Wildman–Crippen MR) is 52.7 cm³/mol. The molecule has 0 spiro atoms. The van der Waals surface area contributed by atoms with Crippen LogP contribution in [0.5, 0.6) is 0 Å². The first kappa shape index (κ1) is 12.9. The van der Waals surface area contributed by atoms with Crippen LogP contribution in [0.25, 0.3) is 11.3 Å². The van der Waals surface area contributed by atoms with Gasteiger partial charge in [-0.3, -0.25) is 4.98 Å². The van der Waals surface area contributed by atoms with Crippen molar-refractivity contribution in [3.8, 4) is 11.3 Å². The number of benzene rings is 1. The minimum atomic E-state index is 0. The maximum Gasteiger partial charge on any atom is 0.105 e. The fourth-order valence-corrected chi connectivity index (χ4v) is 1.00. The second-order valence-electron chi connectivity index (χ2n) is 2.37. The summed E-state index contributed by atoms with van der Waals surface area (Å²) in [5, 5.41) is 0. The molecule has 0 N–H and O–H groups in total. The molecule has 0 saturated carbocycles. The Morgan fingerprint density at radius 2 is 2.00 bits per heavy atom. The van der Waals surface area contributed by atoms with Crippen LogP contribution < -0.4 is 0 Å². The number of rotatable bonds is 1. The van der Waals surface area contributed by atoms with E-state index in [0.29, 0.717) is 0 Å². The van der Waals surface area contributed by atoms with Crippen molar-refractivity contribution in [1.29, 1.82) is 0 Å². The molecule has 0 aliphatic rings. The van der Waals surface area contributed by atoms with Crippen molar-refractivity contribution in [2.24, 2.45) is 0 Å².